The lowest BCUT2D eigenvalue weighted by Crippen LogP contribution is -1.98. The molecule has 1 aromatic heterocycles. The maximum Gasteiger partial charge on any atom is 0.123 e. The Hall–Kier alpha value is -0.930. The molecule has 0 amide bonds. The Kier molecular flexibility index (Phi) is 3.56. The van der Waals surface area contributed by atoms with Crippen LogP contribution in [-0.4, -0.2) is 0 Å². The Morgan fingerprint density at radius 3 is 2.81 bits per heavy atom. The van der Waals surface area contributed by atoms with Gasteiger partial charge in [-0.1, -0.05) is 17.7 Å². The Morgan fingerprint density at radius 2 is 2.12 bits per heavy atom. The van der Waals surface area contributed by atoms with E-state index in [9.17, 15) is 0 Å². The molecular formula is C12H11BrClNO. The molecule has 0 aliphatic rings. The van der Waals surface area contributed by atoms with Crippen LogP contribution in [0, 0.1) is 6.92 Å². The molecule has 0 bridgehead atoms. The zero-order valence-electron chi connectivity index (χ0n) is 8.76. The fraction of sp³-hybridized carbons (Fsp3) is 0.167. The van der Waals surface area contributed by atoms with Gasteiger partial charge in [0.2, 0.25) is 0 Å². The van der Waals surface area contributed by atoms with Crippen LogP contribution in [0.3, 0.4) is 0 Å². The number of anilines is 1. The summed E-state index contributed by atoms with van der Waals surface area (Å²) in [7, 11) is 0. The maximum absolute atomic E-state index is 5.99. The first-order valence-corrected chi connectivity index (χ1v) is 6.07. The summed E-state index contributed by atoms with van der Waals surface area (Å²) in [6.07, 6.45) is 0. The average molecular weight is 301 g/mol. The monoisotopic (exact) mass is 299 g/mol. The Balaban J connectivity index is 2.07. The normalized spacial score (nSPS) is 10.4. The van der Waals surface area contributed by atoms with Crippen molar-refractivity contribution >= 4 is 33.2 Å². The van der Waals surface area contributed by atoms with Gasteiger partial charge in [-0.15, -0.1) is 0 Å². The molecule has 16 heavy (non-hydrogen) atoms. The summed E-state index contributed by atoms with van der Waals surface area (Å²) in [6.45, 7) is 2.57. The highest BCUT2D eigenvalue weighted by Crippen LogP contribution is 2.30. The number of benzene rings is 1. The molecule has 2 rings (SSSR count). The Bertz CT molecular complexity index is 496. The highest BCUT2D eigenvalue weighted by Gasteiger charge is 2.04. The Labute approximate surface area is 108 Å². The zero-order valence-corrected chi connectivity index (χ0v) is 11.1. The smallest absolute Gasteiger partial charge is 0.123 e. The van der Waals surface area contributed by atoms with Crippen molar-refractivity contribution in [2.45, 2.75) is 13.5 Å². The lowest BCUT2D eigenvalue weighted by atomic mass is 10.3. The summed E-state index contributed by atoms with van der Waals surface area (Å²) >= 11 is 9.42. The second-order valence-electron chi connectivity index (χ2n) is 3.47. The first-order chi connectivity index (χ1) is 7.66. The second kappa shape index (κ2) is 4.93. The summed E-state index contributed by atoms with van der Waals surface area (Å²) in [4.78, 5) is 0. The van der Waals surface area contributed by atoms with Gasteiger partial charge < -0.3 is 9.73 Å². The molecule has 0 aliphatic carbocycles. The van der Waals surface area contributed by atoms with Gasteiger partial charge in [0.1, 0.15) is 11.5 Å². The fourth-order valence-corrected chi connectivity index (χ4v) is 1.98. The van der Waals surface area contributed by atoms with E-state index >= 15 is 0 Å². The van der Waals surface area contributed by atoms with E-state index in [1.165, 1.54) is 0 Å². The van der Waals surface area contributed by atoms with E-state index in [0.29, 0.717) is 11.6 Å². The minimum absolute atomic E-state index is 0.646. The first-order valence-electron chi connectivity index (χ1n) is 4.90. The van der Waals surface area contributed by atoms with Crippen molar-refractivity contribution in [2.24, 2.45) is 0 Å². The predicted octanol–water partition coefficient (Wildman–Crippen LogP) is 4.62. The number of aryl methyl sites for hydroxylation is 1. The van der Waals surface area contributed by atoms with Crippen LogP contribution in [0.2, 0.25) is 5.02 Å². The molecular weight excluding hydrogens is 289 g/mol. The standard InChI is InChI=1S/C12H11BrClNO/c1-8-5-6-9(16-8)7-15-11-4-2-3-10(14)12(11)13/h2-6,15H,7H2,1H3. The first kappa shape index (κ1) is 11.6. The number of rotatable bonds is 3. The topological polar surface area (TPSA) is 25.2 Å². The minimum atomic E-state index is 0.646. The minimum Gasteiger partial charge on any atom is -0.465 e. The van der Waals surface area contributed by atoms with Gasteiger partial charge in [0, 0.05) is 0 Å². The molecule has 1 N–H and O–H groups in total. The number of hydrogen-bond acceptors (Lipinski definition) is 2. The van der Waals surface area contributed by atoms with E-state index in [-0.39, 0.29) is 0 Å². The second-order valence-corrected chi connectivity index (χ2v) is 4.67. The van der Waals surface area contributed by atoms with E-state index < -0.39 is 0 Å². The zero-order chi connectivity index (χ0) is 11.5. The van der Waals surface area contributed by atoms with Crippen molar-refractivity contribution in [3.8, 4) is 0 Å². The molecule has 0 aliphatic heterocycles. The van der Waals surface area contributed by atoms with Gasteiger partial charge in [-0.3, -0.25) is 0 Å². The molecule has 2 nitrogen and oxygen atoms in total. The van der Waals surface area contributed by atoms with Crippen LogP contribution in [0.5, 0.6) is 0 Å². The number of furan rings is 1. The number of halogens is 2. The molecule has 2 aromatic rings. The molecule has 0 saturated carbocycles. The van der Waals surface area contributed by atoms with Crippen molar-refractivity contribution in [1.29, 1.82) is 0 Å². The van der Waals surface area contributed by atoms with E-state index in [1.54, 1.807) is 0 Å². The van der Waals surface area contributed by atoms with Crippen LogP contribution < -0.4 is 5.32 Å². The molecule has 84 valence electrons. The third-order valence-electron chi connectivity index (χ3n) is 2.20. The lowest BCUT2D eigenvalue weighted by molar-refractivity contribution is 0.490. The van der Waals surface area contributed by atoms with Gasteiger partial charge >= 0.3 is 0 Å². The largest absolute Gasteiger partial charge is 0.465 e. The van der Waals surface area contributed by atoms with Gasteiger partial charge in [0.15, 0.2) is 0 Å². The van der Waals surface area contributed by atoms with Crippen molar-refractivity contribution < 1.29 is 4.42 Å². The molecule has 0 unspecified atom stereocenters. The molecule has 0 atom stereocenters. The summed E-state index contributed by atoms with van der Waals surface area (Å²) in [5, 5.41) is 3.95. The molecule has 4 heteroatoms. The molecule has 1 aromatic carbocycles. The third kappa shape index (κ3) is 2.60. The Morgan fingerprint density at radius 1 is 1.31 bits per heavy atom. The van der Waals surface area contributed by atoms with E-state index in [2.05, 4.69) is 21.2 Å². The summed E-state index contributed by atoms with van der Waals surface area (Å²) in [6, 6.07) is 9.62. The van der Waals surface area contributed by atoms with Gasteiger partial charge in [0.25, 0.3) is 0 Å². The quantitative estimate of drug-likeness (QED) is 0.895. The molecule has 0 fully saturated rings. The van der Waals surface area contributed by atoms with Crippen LogP contribution in [0.15, 0.2) is 39.2 Å². The third-order valence-corrected chi connectivity index (χ3v) is 3.60. The van der Waals surface area contributed by atoms with Crippen molar-refractivity contribution in [1.82, 2.24) is 0 Å². The molecule has 0 radical (unpaired) electrons. The number of hydrogen-bond donors (Lipinski definition) is 1. The van der Waals surface area contributed by atoms with Gasteiger partial charge in [0.05, 0.1) is 21.7 Å². The summed E-state index contributed by atoms with van der Waals surface area (Å²) in [5.74, 6) is 1.83. The van der Waals surface area contributed by atoms with E-state index in [0.717, 1.165) is 21.7 Å². The van der Waals surface area contributed by atoms with Crippen LogP contribution in [0.4, 0.5) is 5.69 Å². The summed E-state index contributed by atoms with van der Waals surface area (Å²) in [5.41, 5.74) is 0.960. The SMILES string of the molecule is Cc1ccc(CNc2cccc(Cl)c2Br)o1. The number of nitrogens with one attached hydrogen (secondary N) is 1. The van der Waals surface area contributed by atoms with Crippen LogP contribution in [0.1, 0.15) is 11.5 Å². The predicted molar refractivity (Wildman–Crippen MR) is 69.9 cm³/mol. The van der Waals surface area contributed by atoms with Gasteiger partial charge in [-0.05, 0) is 47.1 Å². The highest BCUT2D eigenvalue weighted by atomic mass is 79.9. The lowest BCUT2D eigenvalue weighted by Gasteiger charge is -2.07. The molecule has 0 spiro atoms. The van der Waals surface area contributed by atoms with Crippen molar-refractivity contribution in [3.05, 3.63) is 51.3 Å². The molecule has 1 heterocycles. The average Bonchev–Trinajstić information content (AvgIpc) is 2.67. The van der Waals surface area contributed by atoms with Gasteiger partial charge in [-0.2, -0.15) is 0 Å². The van der Waals surface area contributed by atoms with Crippen LogP contribution >= 0.6 is 27.5 Å². The highest BCUT2D eigenvalue weighted by molar-refractivity contribution is 9.10. The van der Waals surface area contributed by atoms with E-state index in [1.807, 2.05) is 37.3 Å². The van der Waals surface area contributed by atoms with Crippen LogP contribution in [-0.2, 0) is 6.54 Å². The van der Waals surface area contributed by atoms with Crippen molar-refractivity contribution in [3.63, 3.8) is 0 Å². The van der Waals surface area contributed by atoms with Gasteiger partial charge in [-0.25, -0.2) is 0 Å². The van der Waals surface area contributed by atoms with E-state index in [4.69, 9.17) is 16.0 Å². The fourth-order valence-electron chi connectivity index (χ4n) is 1.40. The maximum atomic E-state index is 5.99. The molecule has 0 saturated heterocycles. The summed E-state index contributed by atoms with van der Waals surface area (Å²) < 4.78 is 6.34. The van der Waals surface area contributed by atoms with Crippen molar-refractivity contribution in [2.75, 3.05) is 5.32 Å². The van der Waals surface area contributed by atoms with Crippen LogP contribution in [0.25, 0.3) is 0 Å².